The Bertz CT molecular complexity index is 1040. The molecule has 0 atom stereocenters. The molecule has 0 fully saturated rings. The molecule has 2 aromatic carbocycles. The number of nitrogen functional groups attached to an aromatic ring is 2. The number of nitrogens with zero attached hydrogens (tertiary/aromatic N) is 6. The summed E-state index contributed by atoms with van der Waals surface area (Å²) < 4.78 is 4.94. The van der Waals surface area contributed by atoms with Crippen molar-refractivity contribution in [3.05, 3.63) is 57.5 Å². The van der Waals surface area contributed by atoms with Gasteiger partial charge in [-0.25, -0.2) is 9.35 Å². The number of thioether (sulfide) groups is 2. The molecule has 0 bridgehead atoms. The third-order valence-corrected chi connectivity index (χ3v) is 6.98. The van der Waals surface area contributed by atoms with E-state index in [1.807, 2.05) is 48.5 Å². The van der Waals surface area contributed by atoms with Gasteiger partial charge >= 0.3 is 0 Å². The van der Waals surface area contributed by atoms with Crippen LogP contribution in [0.2, 0.25) is 0 Å². The Balaban J connectivity index is 1.42. The van der Waals surface area contributed by atoms with E-state index in [0.717, 1.165) is 20.1 Å². The summed E-state index contributed by atoms with van der Waals surface area (Å²) in [6, 6.07) is 15.5. The number of benzene rings is 2. The van der Waals surface area contributed by atoms with E-state index in [2.05, 4.69) is 52.3 Å². The van der Waals surface area contributed by atoms with Crippen LogP contribution in [0.15, 0.2) is 67.8 Å². The first kappa shape index (κ1) is 20.3. The number of nitrogens with two attached hydrogens (primary N) is 2. The first-order valence-corrected chi connectivity index (χ1v) is 11.8. The van der Waals surface area contributed by atoms with E-state index in [4.69, 9.17) is 11.7 Å². The van der Waals surface area contributed by atoms with Crippen LogP contribution in [0.4, 0.5) is 0 Å². The van der Waals surface area contributed by atoms with Gasteiger partial charge in [-0.05, 0) is 24.3 Å². The molecule has 4 rings (SSSR count). The smallest absolute Gasteiger partial charge is 0.210 e. The minimum Gasteiger partial charge on any atom is -0.335 e. The average Bonchev–Trinajstić information content (AvgIpc) is 3.27. The van der Waals surface area contributed by atoms with Gasteiger partial charge in [0.25, 0.3) is 0 Å². The van der Waals surface area contributed by atoms with Crippen molar-refractivity contribution in [1.82, 2.24) is 29.7 Å². The van der Waals surface area contributed by atoms with Crippen LogP contribution in [0.25, 0.3) is 22.8 Å². The van der Waals surface area contributed by atoms with Gasteiger partial charge in [0.15, 0.2) is 11.6 Å². The molecule has 12 heteroatoms. The molecule has 0 spiro atoms. The number of halogens is 2. The van der Waals surface area contributed by atoms with Gasteiger partial charge in [-0.1, -0.05) is 79.6 Å². The zero-order valence-corrected chi connectivity index (χ0v) is 19.5. The fourth-order valence-electron chi connectivity index (χ4n) is 2.48. The molecule has 2 aromatic heterocycles. The van der Waals surface area contributed by atoms with Gasteiger partial charge < -0.3 is 11.7 Å². The quantitative estimate of drug-likeness (QED) is 0.209. The lowest BCUT2D eigenvalue weighted by atomic mass is 10.2. The SMILES string of the molecule is Nn1c(SCSc2nnc(-c3ccc(Br)cc3)n2N)nnc1-c1ccc(Br)cc1. The summed E-state index contributed by atoms with van der Waals surface area (Å²) in [6.45, 7) is 0. The van der Waals surface area contributed by atoms with E-state index in [0.29, 0.717) is 27.0 Å². The molecule has 4 N–H and O–H groups in total. The highest BCUT2D eigenvalue weighted by Gasteiger charge is 2.15. The van der Waals surface area contributed by atoms with Gasteiger partial charge in [0.1, 0.15) is 0 Å². The monoisotopic (exact) mass is 552 g/mol. The van der Waals surface area contributed by atoms with Crippen molar-refractivity contribution in [2.24, 2.45) is 0 Å². The maximum absolute atomic E-state index is 6.16. The van der Waals surface area contributed by atoms with E-state index >= 15 is 0 Å². The molecule has 0 saturated carbocycles. The van der Waals surface area contributed by atoms with Crippen molar-refractivity contribution in [2.75, 3.05) is 16.8 Å². The minimum atomic E-state index is 0.601. The van der Waals surface area contributed by atoms with Gasteiger partial charge in [-0.15, -0.1) is 20.4 Å². The molecule has 0 amide bonds. The summed E-state index contributed by atoms with van der Waals surface area (Å²) in [5.74, 6) is 13.5. The third-order valence-electron chi connectivity index (χ3n) is 3.91. The molecule has 0 aliphatic carbocycles. The molecular formula is C17H14Br2N8S2. The summed E-state index contributed by atoms with van der Waals surface area (Å²) in [5.41, 5.74) is 1.78. The molecule has 0 radical (unpaired) electrons. The van der Waals surface area contributed by atoms with Crippen molar-refractivity contribution in [3.63, 3.8) is 0 Å². The highest BCUT2D eigenvalue weighted by Crippen LogP contribution is 2.29. The van der Waals surface area contributed by atoms with Crippen LogP contribution in [0, 0.1) is 0 Å². The van der Waals surface area contributed by atoms with Crippen LogP contribution in [0.5, 0.6) is 0 Å². The highest BCUT2D eigenvalue weighted by molar-refractivity contribution is 9.10. The Hall–Kier alpha value is -2.02. The van der Waals surface area contributed by atoms with Gasteiger partial charge in [0.05, 0.1) is 5.08 Å². The topological polar surface area (TPSA) is 113 Å². The van der Waals surface area contributed by atoms with Crippen LogP contribution in [0.3, 0.4) is 0 Å². The maximum atomic E-state index is 6.16. The van der Waals surface area contributed by atoms with E-state index in [1.165, 1.54) is 32.9 Å². The highest BCUT2D eigenvalue weighted by atomic mass is 79.9. The number of hydrogen-bond acceptors (Lipinski definition) is 8. The van der Waals surface area contributed by atoms with E-state index in [9.17, 15) is 0 Å². The summed E-state index contributed by atoms with van der Waals surface area (Å²) in [7, 11) is 0. The van der Waals surface area contributed by atoms with Gasteiger partial charge in [0.2, 0.25) is 10.3 Å². The van der Waals surface area contributed by atoms with Crippen LogP contribution < -0.4 is 11.7 Å². The Morgan fingerprint density at radius 2 is 1.03 bits per heavy atom. The van der Waals surface area contributed by atoms with Crippen LogP contribution in [-0.2, 0) is 0 Å². The first-order chi connectivity index (χ1) is 14.0. The normalized spacial score (nSPS) is 11.1. The average molecular weight is 554 g/mol. The van der Waals surface area contributed by atoms with Crippen molar-refractivity contribution >= 4 is 55.4 Å². The molecular weight excluding hydrogens is 540 g/mol. The molecule has 0 saturated heterocycles. The Morgan fingerprint density at radius 3 is 1.41 bits per heavy atom. The third kappa shape index (κ3) is 4.44. The largest absolute Gasteiger partial charge is 0.335 e. The zero-order chi connectivity index (χ0) is 20.4. The van der Waals surface area contributed by atoms with Crippen molar-refractivity contribution in [3.8, 4) is 22.8 Å². The summed E-state index contributed by atoms with van der Waals surface area (Å²) >= 11 is 9.74. The van der Waals surface area contributed by atoms with Crippen LogP contribution in [-0.4, -0.2) is 34.8 Å². The molecule has 8 nitrogen and oxygen atoms in total. The summed E-state index contributed by atoms with van der Waals surface area (Å²) in [6.07, 6.45) is 0. The zero-order valence-electron chi connectivity index (χ0n) is 14.7. The van der Waals surface area contributed by atoms with Crippen LogP contribution >= 0.6 is 55.4 Å². The molecule has 2 heterocycles. The molecule has 148 valence electrons. The number of aromatic nitrogens is 6. The second-order valence-corrected chi connectivity index (χ2v) is 9.85. The van der Waals surface area contributed by atoms with Crippen LogP contribution in [0.1, 0.15) is 0 Å². The Kier molecular flexibility index (Phi) is 6.13. The standard InChI is InChI=1S/C17H14Br2N8S2/c18-12-5-1-10(2-6-12)14-22-24-16(26(14)20)28-9-29-17-25-23-15(27(17)21)11-3-7-13(19)8-4-11/h1-8H,9,20-21H2. The van der Waals surface area contributed by atoms with Gasteiger partial charge in [-0.2, -0.15) is 0 Å². The fourth-order valence-corrected chi connectivity index (χ4v) is 4.73. The number of rotatable bonds is 6. The Morgan fingerprint density at radius 1 is 0.655 bits per heavy atom. The van der Waals surface area contributed by atoms with Crippen molar-refractivity contribution < 1.29 is 0 Å². The fraction of sp³-hybridized carbons (Fsp3) is 0.0588. The van der Waals surface area contributed by atoms with E-state index < -0.39 is 0 Å². The lowest BCUT2D eigenvalue weighted by molar-refractivity contribution is 0.848. The van der Waals surface area contributed by atoms with Crippen molar-refractivity contribution in [1.29, 1.82) is 0 Å². The molecule has 0 aliphatic rings. The predicted octanol–water partition coefficient (Wildman–Crippen LogP) is 4.00. The second-order valence-electron chi connectivity index (χ2n) is 5.77. The van der Waals surface area contributed by atoms with Crippen molar-refractivity contribution in [2.45, 2.75) is 10.3 Å². The molecule has 29 heavy (non-hydrogen) atoms. The summed E-state index contributed by atoms with van der Waals surface area (Å²) in [4.78, 5) is 0. The molecule has 0 aliphatic heterocycles. The van der Waals surface area contributed by atoms with E-state index in [1.54, 1.807) is 0 Å². The Labute approximate surface area is 191 Å². The molecule has 4 aromatic rings. The van der Waals surface area contributed by atoms with Gasteiger partial charge in [-0.3, -0.25) is 0 Å². The van der Waals surface area contributed by atoms with Gasteiger partial charge in [0, 0.05) is 20.1 Å². The number of hydrogen-bond donors (Lipinski definition) is 2. The lowest BCUT2D eigenvalue weighted by Gasteiger charge is -2.05. The minimum absolute atomic E-state index is 0.601. The lowest BCUT2D eigenvalue weighted by Crippen LogP contribution is -2.12. The second kappa shape index (κ2) is 8.78. The van der Waals surface area contributed by atoms with E-state index in [-0.39, 0.29) is 0 Å². The first-order valence-electron chi connectivity index (χ1n) is 8.21. The summed E-state index contributed by atoms with van der Waals surface area (Å²) in [5, 5.41) is 18.5. The predicted molar refractivity (Wildman–Crippen MR) is 123 cm³/mol. The maximum Gasteiger partial charge on any atom is 0.210 e. The molecule has 0 unspecified atom stereocenters.